The van der Waals surface area contributed by atoms with Gasteiger partial charge in [-0.1, -0.05) is 0 Å². The van der Waals surface area contributed by atoms with E-state index in [-0.39, 0.29) is 6.03 Å². The predicted molar refractivity (Wildman–Crippen MR) is 52.0 cm³/mol. The van der Waals surface area contributed by atoms with Crippen molar-refractivity contribution >= 4 is 11.8 Å². The van der Waals surface area contributed by atoms with Crippen LogP contribution in [0.1, 0.15) is 5.82 Å². The highest BCUT2D eigenvalue weighted by atomic mass is 16.2. The standard InChI is InChI=1S/C8H13N5O/c1-9-8(14)12-7-5-11-6-4-10-2-3-13(6)7/h5,10H,2-4H2,1H3,(H2,9,12,14). The van der Waals surface area contributed by atoms with E-state index in [1.165, 1.54) is 0 Å². The van der Waals surface area contributed by atoms with Gasteiger partial charge < -0.3 is 15.2 Å². The van der Waals surface area contributed by atoms with E-state index < -0.39 is 0 Å². The topological polar surface area (TPSA) is 71.0 Å². The fourth-order valence-corrected chi connectivity index (χ4v) is 1.47. The molecule has 0 bridgehead atoms. The average Bonchev–Trinajstić information content (AvgIpc) is 2.62. The van der Waals surface area contributed by atoms with Gasteiger partial charge in [-0.15, -0.1) is 0 Å². The molecule has 6 nitrogen and oxygen atoms in total. The van der Waals surface area contributed by atoms with Crippen LogP contribution in [0.25, 0.3) is 0 Å². The van der Waals surface area contributed by atoms with Gasteiger partial charge in [0.15, 0.2) is 0 Å². The third-order valence-corrected chi connectivity index (χ3v) is 2.20. The summed E-state index contributed by atoms with van der Waals surface area (Å²) in [4.78, 5) is 15.3. The number of urea groups is 1. The van der Waals surface area contributed by atoms with Crippen LogP contribution < -0.4 is 16.0 Å². The molecule has 0 atom stereocenters. The second-order valence-electron chi connectivity index (χ2n) is 3.09. The van der Waals surface area contributed by atoms with Crippen LogP contribution in [0.2, 0.25) is 0 Å². The van der Waals surface area contributed by atoms with Gasteiger partial charge in [-0.25, -0.2) is 9.78 Å². The molecule has 1 aliphatic rings. The molecule has 0 saturated carbocycles. The SMILES string of the molecule is CNC(=O)Nc1cnc2n1CCNC2. The lowest BCUT2D eigenvalue weighted by Gasteiger charge is -2.17. The van der Waals surface area contributed by atoms with E-state index in [0.717, 1.165) is 31.3 Å². The molecule has 6 heteroatoms. The van der Waals surface area contributed by atoms with Gasteiger partial charge in [0, 0.05) is 20.1 Å². The molecular formula is C8H13N5O. The Balaban J connectivity index is 2.18. The summed E-state index contributed by atoms with van der Waals surface area (Å²) in [5.74, 6) is 1.71. The molecule has 76 valence electrons. The molecule has 3 N–H and O–H groups in total. The Morgan fingerprint density at radius 1 is 1.71 bits per heavy atom. The van der Waals surface area contributed by atoms with Crippen LogP contribution in [0.4, 0.5) is 10.6 Å². The van der Waals surface area contributed by atoms with Crippen LogP contribution in [0.15, 0.2) is 6.20 Å². The van der Waals surface area contributed by atoms with Crippen LogP contribution in [0.5, 0.6) is 0 Å². The number of nitrogens with zero attached hydrogens (tertiary/aromatic N) is 2. The first kappa shape index (κ1) is 9.01. The maximum atomic E-state index is 11.1. The molecule has 2 heterocycles. The third kappa shape index (κ3) is 1.56. The molecule has 0 fully saturated rings. The maximum absolute atomic E-state index is 11.1. The number of aromatic nitrogens is 2. The Bertz CT molecular complexity index is 346. The molecular weight excluding hydrogens is 182 g/mol. The summed E-state index contributed by atoms with van der Waals surface area (Å²) in [6, 6.07) is -0.216. The summed E-state index contributed by atoms with van der Waals surface area (Å²) in [6.45, 7) is 2.51. The van der Waals surface area contributed by atoms with Gasteiger partial charge in [0.2, 0.25) is 0 Å². The van der Waals surface area contributed by atoms with E-state index in [2.05, 4.69) is 20.9 Å². The maximum Gasteiger partial charge on any atom is 0.320 e. The molecule has 0 aromatic carbocycles. The molecule has 0 aliphatic carbocycles. The van der Waals surface area contributed by atoms with Crippen LogP contribution in [0, 0.1) is 0 Å². The second-order valence-corrected chi connectivity index (χ2v) is 3.09. The average molecular weight is 195 g/mol. The van der Waals surface area contributed by atoms with Crippen molar-refractivity contribution in [1.82, 2.24) is 20.2 Å². The van der Waals surface area contributed by atoms with Crippen molar-refractivity contribution < 1.29 is 4.79 Å². The number of nitrogens with one attached hydrogen (secondary N) is 3. The van der Waals surface area contributed by atoms with E-state index in [0.29, 0.717) is 0 Å². The van der Waals surface area contributed by atoms with Crippen LogP contribution in [-0.4, -0.2) is 29.2 Å². The Kier molecular flexibility index (Phi) is 2.36. The molecule has 1 aliphatic heterocycles. The van der Waals surface area contributed by atoms with Gasteiger partial charge >= 0.3 is 6.03 Å². The Morgan fingerprint density at radius 2 is 2.57 bits per heavy atom. The number of amides is 2. The molecule has 0 unspecified atom stereocenters. The van der Waals surface area contributed by atoms with Gasteiger partial charge in [0.1, 0.15) is 11.6 Å². The summed E-state index contributed by atoms with van der Waals surface area (Å²) >= 11 is 0. The monoisotopic (exact) mass is 195 g/mol. The Hall–Kier alpha value is -1.56. The van der Waals surface area contributed by atoms with Crippen molar-refractivity contribution in [2.45, 2.75) is 13.1 Å². The smallest absolute Gasteiger partial charge is 0.320 e. The van der Waals surface area contributed by atoms with Crippen LogP contribution in [0.3, 0.4) is 0 Å². The van der Waals surface area contributed by atoms with Crippen molar-refractivity contribution in [3.63, 3.8) is 0 Å². The minimum absolute atomic E-state index is 0.216. The summed E-state index contributed by atoms with van der Waals surface area (Å²) in [6.07, 6.45) is 1.68. The van der Waals surface area contributed by atoms with Crippen molar-refractivity contribution in [1.29, 1.82) is 0 Å². The van der Waals surface area contributed by atoms with Crippen LogP contribution in [-0.2, 0) is 13.1 Å². The number of carbonyl (C=O) groups is 1. The Morgan fingerprint density at radius 3 is 3.36 bits per heavy atom. The first-order valence-corrected chi connectivity index (χ1v) is 4.55. The number of hydrogen-bond donors (Lipinski definition) is 3. The number of imidazole rings is 1. The molecule has 1 aromatic heterocycles. The highest BCUT2D eigenvalue weighted by Gasteiger charge is 2.14. The summed E-state index contributed by atoms with van der Waals surface area (Å²) in [7, 11) is 1.59. The highest BCUT2D eigenvalue weighted by Crippen LogP contribution is 2.13. The fourth-order valence-electron chi connectivity index (χ4n) is 1.47. The molecule has 2 rings (SSSR count). The number of rotatable bonds is 1. The molecule has 2 amide bonds. The van der Waals surface area contributed by atoms with Gasteiger partial charge in [-0.3, -0.25) is 5.32 Å². The molecule has 1 aromatic rings. The zero-order valence-electron chi connectivity index (χ0n) is 8.00. The largest absolute Gasteiger partial charge is 0.341 e. The van der Waals surface area contributed by atoms with Crippen LogP contribution >= 0.6 is 0 Å². The van der Waals surface area contributed by atoms with E-state index in [9.17, 15) is 4.79 Å². The molecule has 0 radical (unpaired) electrons. The number of hydrogen-bond acceptors (Lipinski definition) is 3. The second kappa shape index (κ2) is 3.67. The van der Waals surface area contributed by atoms with Crippen molar-refractivity contribution in [3.05, 3.63) is 12.0 Å². The van der Waals surface area contributed by atoms with Gasteiger partial charge in [-0.2, -0.15) is 0 Å². The van der Waals surface area contributed by atoms with E-state index in [4.69, 9.17) is 0 Å². The Labute approximate surface area is 81.7 Å². The quantitative estimate of drug-likeness (QED) is 0.578. The minimum Gasteiger partial charge on any atom is -0.341 e. The summed E-state index contributed by atoms with van der Waals surface area (Å²) < 4.78 is 2.01. The van der Waals surface area contributed by atoms with Gasteiger partial charge in [0.05, 0.1) is 12.7 Å². The molecule has 0 spiro atoms. The fraction of sp³-hybridized carbons (Fsp3) is 0.500. The minimum atomic E-state index is -0.216. The van der Waals surface area contributed by atoms with Crippen molar-refractivity contribution in [3.8, 4) is 0 Å². The number of anilines is 1. The first-order valence-electron chi connectivity index (χ1n) is 4.55. The number of fused-ring (bicyclic) bond motifs is 1. The van der Waals surface area contributed by atoms with E-state index >= 15 is 0 Å². The zero-order chi connectivity index (χ0) is 9.97. The van der Waals surface area contributed by atoms with Crippen molar-refractivity contribution in [2.75, 3.05) is 18.9 Å². The third-order valence-electron chi connectivity index (χ3n) is 2.20. The normalized spacial score (nSPS) is 14.6. The lowest BCUT2D eigenvalue weighted by molar-refractivity contribution is 0.253. The number of carbonyl (C=O) groups excluding carboxylic acids is 1. The summed E-state index contributed by atoms with van der Waals surface area (Å²) in [5, 5.41) is 8.44. The van der Waals surface area contributed by atoms with E-state index in [1.807, 2.05) is 4.57 Å². The first-order chi connectivity index (χ1) is 6.81. The molecule has 0 saturated heterocycles. The van der Waals surface area contributed by atoms with E-state index in [1.54, 1.807) is 13.2 Å². The molecule has 14 heavy (non-hydrogen) atoms. The van der Waals surface area contributed by atoms with Gasteiger partial charge in [0.25, 0.3) is 0 Å². The van der Waals surface area contributed by atoms with Gasteiger partial charge in [-0.05, 0) is 0 Å². The van der Waals surface area contributed by atoms with Crippen molar-refractivity contribution in [2.24, 2.45) is 0 Å². The zero-order valence-corrected chi connectivity index (χ0v) is 8.00. The highest BCUT2D eigenvalue weighted by molar-refractivity contribution is 5.88. The summed E-state index contributed by atoms with van der Waals surface area (Å²) in [5.41, 5.74) is 0. The predicted octanol–water partition coefficient (Wildman–Crippen LogP) is -0.262. The lowest BCUT2D eigenvalue weighted by atomic mass is 10.4. The lowest BCUT2D eigenvalue weighted by Crippen LogP contribution is -2.31.